The van der Waals surface area contributed by atoms with Crippen LogP contribution in [0.3, 0.4) is 0 Å². The number of nitrogens with one attached hydrogen (secondary N) is 1. The first kappa shape index (κ1) is 38.2. The SMILES string of the molecule is CCCCCCCCCCCCOc1ccc(C(=O)NC(CO)(CO)CO)cc1OCCCCCCCCCCCC. The molecule has 0 aliphatic carbocycles. The van der Waals surface area contributed by atoms with Gasteiger partial charge in [0.25, 0.3) is 5.91 Å². The smallest absolute Gasteiger partial charge is 0.252 e. The number of amides is 1. The van der Waals surface area contributed by atoms with E-state index in [1.54, 1.807) is 18.2 Å². The second-order valence-corrected chi connectivity index (χ2v) is 11.9. The van der Waals surface area contributed by atoms with Gasteiger partial charge in [-0.05, 0) is 31.0 Å². The molecule has 1 aromatic carbocycles. The van der Waals surface area contributed by atoms with Crippen molar-refractivity contribution in [2.45, 2.75) is 148 Å². The molecule has 0 fully saturated rings. The van der Waals surface area contributed by atoms with Crippen LogP contribution in [0.1, 0.15) is 153 Å². The first-order chi connectivity index (χ1) is 20.6. The predicted octanol–water partition coefficient (Wildman–Crippen LogP) is 7.73. The van der Waals surface area contributed by atoms with Gasteiger partial charge in [-0.2, -0.15) is 0 Å². The molecule has 244 valence electrons. The molecule has 1 rings (SSSR count). The molecule has 0 bridgehead atoms. The van der Waals surface area contributed by atoms with E-state index in [1.165, 1.54) is 103 Å². The van der Waals surface area contributed by atoms with Crippen LogP contribution in [0.5, 0.6) is 11.5 Å². The van der Waals surface area contributed by atoms with Crippen LogP contribution in [0.15, 0.2) is 18.2 Å². The van der Waals surface area contributed by atoms with Gasteiger partial charge < -0.3 is 30.1 Å². The van der Waals surface area contributed by atoms with Crippen molar-refractivity contribution >= 4 is 5.91 Å². The number of ether oxygens (including phenoxy) is 2. The van der Waals surface area contributed by atoms with Crippen molar-refractivity contribution in [2.24, 2.45) is 0 Å². The predicted molar refractivity (Wildman–Crippen MR) is 173 cm³/mol. The molecule has 7 nitrogen and oxygen atoms in total. The molecule has 0 heterocycles. The number of aliphatic hydroxyl groups excluding tert-OH is 3. The zero-order valence-electron chi connectivity index (χ0n) is 27.0. The van der Waals surface area contributed by atoms with E-state index < -0.39 is 31.3 Å². The Hall–Kier alpha value is -1.83. The lowest BCUT2D eigenvalue weighted by atomic mass is 10.0. The summed E-state index contributed by atoms with van der Waals surface area (Å²) in [4.78, 5) is 12.9. The Morgan fingerprint density at radius 2 is 0.976 bits per heavy atom. The summed E-state index contributed by atoms with van der Waals surface area (Å²) in [6.07, 6.45) is 25.1. The lowest BCUT2D eigenvalue weighted by molar-refractivity contribution is 0.0375. The van der Waals surface area contributed by atoms with E-state index in [1.807, 2.05) is 0 Å². The molecule has 0 saturated heterocycles. The molecule has 1 aromatic rings. The highest BCUT2D eigenvalue weighted by atomic mass is 16.5. The Labute approximate surface area is 256 Å². The average molecular weight is 594 g/mol. The molecule has 0 aliphatic heterocycles. The van der Waals surface area contributed by atoms with E-state index in [-0.39, 0.29) is 0 Å². The first-order valence-electron chi connectivity index (χ1n) is 17.1. The largest absolute Gasteiger partial charge is 0.490 e. The van der Waals surface area contributed by atoms with Crippen molar-refractivity contribution < 1.29 is 29.6 Å². The summed E-state index contributed by atoms with van der Waals surface area (Å²) in [6.45, 7) is 3.91. The van der Waals surface area contributed by atoms with Crippen LogP contribution >= 0.6 is 0 Å². The third-order valence-electron chi connectivity index (χ3n) is 8.00. The van der Waals surface area contributed by atoms with Gasteiger partial charge in [0.15, 0.2) is 11.5 Å². The maximum absolute atomic E-state index is 12.9. The maximum atomic E-state index is 12.9. The van der Waals surface area contributed by atoms with E-state index in [9.17, 15) is 20.1 Å². The van der Waals surface area contributed by atoms with Crippen molar-refractivity contribution in [2.75, 3.05) is 33.0 Å². The molecule has 42 heavy (non-hydrogen) atoms. The van der Waals surface area contributed by atoms with Crippen LogP contribution in [0.4, 0.5) is 0 Å². The van der Waals surface area contributed by atoms with Crippen LogP contribution in [0, 0.1) is 0 Å². The van der Waals surface area contributed by atoms with Crippen LogP contribution in [0.2, 0.25) is 0 Å². The number of carbonyl (C=O) groups is 1. The number of hydrogen-bond donors (Lipinski definition) is 4. The highest BCUT2D eigenvalue weighted by Crippen LogP contribution is 2.29. The summed E-state index contributed by atoms with van der Waals surface area (Å²) in [5.41, 5.74) is -1.17. The Kier molecular flexibility index (Phi) is 23.3. The van der Waals surface area contributed by atoms with E-state index >= 15 is 0 Å². The molecule has 4 N–H and O–H groups in total. The lowest BCUT2D eigenvalue weighted by Crippen LogP contribution is -2.57. The summed E-state index contributed by atoms with van der Waals surface area (Å²) in [5.74, 6) is 0.637. The standard InChI is InChI=1S/C35H63NO6/c1-3-5-7-9-11-13-15-17-19-21-25-41-32-24-23-31(34(40)36-35(28-37,29-38)30-39)27-33(32)42-26-22-20-18-16-14-12-10-8-6-4-2/h23-24,27,37-39H,3-22,25-26,28-30H2,1-2H3,(H,36,40). The number of aliphatic hydroxyl groups is 3. The number of rotatable bonds is 29. The zero-order valence-corrected chi connectivity index (χ0v) is 27.0. The fraction of sp³-hybridized carbons (Fsp3) is 0.800. The number of unbranched alkanes of at least 4 members (excludes halogenated alkanes) is 18. The fourth-order valence-corrected chi connectivity index (χ4v) is 5.01. The molecule has 1 amide bonds. The Balaban J connectivity index is 2.56. The van der Waals surface area contributed by atoms with Gasteiger partial charge in [0, 0.05) is 5.56 Å². The molecule has 0 aromatic heterocycles. The summed E-state index contributed by atoms with van der Waals surface area (Å²) in [5, 5.41) is 31.3. The van der Waals surface area contributed by atoms with Gasteiger partial charge in [0.2, 0.25) is 0 Å². The fourth-order valence-electron chi connectivity index (χ4n) is 5.01. The minimum Gasteiger partial charge on any atom is -0.490 e. The topological polar surface area (TPSA) is 108 Å². The monoisotopic (exact) mass is 593 g/mol. The van der Waals surface area contributed by atoms with Crippen molar-refractivity contribution in [3.8, 4) is 11.5 Å². The molecule has 0 atom stereocenters. The van der Waals surface area contributed by atoms with Gasteiger partial charge in [-0.25, -0.2) is 0 Å². The molecule has 0 unspecified atom stereocenters. The molecule has 0 spiro atoms. The average Bonchev–Trinajstić information content (AvgIpc) is 3.01. The van der Waals surface area contributed by atoms with Crippen molar-refractivity contribution in [1.29, 1.82) is 0 Å². The maximum Gasteiger partial charge on any atom is 0.252 e. The van der Waals surface area contributed by atoms with E-state index in [0.29, 0.717) is 30.3 Å². The van der Waals surface area contributed by atoms with Crippen LogP contribution < -0.4 is 14.8 Å². The molecule has 0 saturated carbocycles. The van der Waals surface area contributed by atoms with Gasteiger partial charge in [0.1, 0.15) is 5.54 Å². The molecule has 0 aliphatic rings. The number of benzene rings is 1. The lowest BCUT2D eigenvalue weighted by Gasteiger charge is -2.28. The quantitative estimate of drug-likeness (QED) is 0.0708. The Bertz CT molecular complexity index is 774. The second-order valence-electron chi connectivity index (χ2n) is 11.9. The number of carbonyl (C=O) groups excluding carboxylic acids is 1. The highest BCUT2D eigenvalue weighted by Gasteiger charge is 2.30. The Morgan fingerprint density at radius 1 is 0.595 bits per heavy atom. The minimum atomic E-state index is -1.49. The Morgan fingerprint density at radius 3 is 1.38 bits per heavy atom. The van der Waals surface area contributed by atoms with Crippen LogP contribution in [0.25, 0.3) is 0 Å². The van der Waals surface area contributed by atoms with Crippen LogP contribution in [-0.2, 0) is 0 Å². The van der Waals surface area contributed by atoms with E-state index in [0.717, 1.165) is 25.7 Å². The minimum absolute atomic E-state index is 0.319. The zero-order chi connectivity index (χ0) is 30.7. The second kappa shape index (κ2) is 25.6. The van der Waals surface area contributed by atoms with Crippen molar-refractivity contribution in [3.05, 3.63) is 23.8 Å². The van der Waals surface area contributed by atoms with Crippen LogP contribution in [-0.4, -0.2) is 59.8 Å². The van der Waals surface area contributed by atoms with E-state index in [4.69, 9.17) is 9.47 Å². The van der Waals surface area contributed by atoms with Gasteiger partial charge in [0.05, 0.1) is 33.0 Å². The number of hydrogen-bond acceptors (Lipinski definition) is 6. The van der Waals surface area contributed by atoms with Crippen molar-refractivity contribution in [1.82, 2.24) is 5.32 Å². The molecular weight excluding hydrogens is 530 g/mol. The molecule has 7 heteroatoms. The summed E-state index contributed by atoms with van der Waals surface area (Å²) in [7, 11) is 0. The van der Waals surface area contributed by atoms with Gasteiger partial charge in [-0.15, -0.1) is 0 Å². The summed E-state index contributed by atoms with van der Waals surface area (Å²) < 4.78 is 12.2. The van der Waals surface area contributed by atoms with Gasteiger partial charge in [-0.3, -0.25) is 4.79 Å². The third-order valence-corrected chi connectivity index (χ3v) is 8.00. The summed E-state index contributed by atoms with van der Waals surface area (Å²) in [6, 6.07) is 5.04. The molecular formula is C35H63NO6. The summed E-state index contributed by atoms with van der Waals surface area (Å²) >= 11 is 0. The molecule has 0 radical (unpaired) electrons. The first-order valence-corrected chi connectivity index (χ1v) is 17.1. The highest BCUT2D eigenvalue weighted by molar-refractivity contribution is 5.95. The van der Waals surface area contributed by atoms with Gasteiger partial charge >= 0.3 is 0 Å². The van der Waals surface area contributed by atoms with E-state index in [2.05, 4.69) is 19.2 Å². The van der Waals surface area contributed by atoms with Crippen molar-refractivity contribution in [3.63, 3.8) is 0 Å². The normalized spacial score (nSPS) is 11.5. The third kappa shape index (κ3) is 17.3. The van der Waals surface area contributed by atoms with Gasteiger partial charge in [-0.1, -0.05) is 129 Å².